The van der Waals surface area contributed by atoms with Gasteiger partial charge >= 0.3 is 12.1 Å². The average molecular weight is 672 g/mol. The number of benzene rings is 2. The third-order valence-electron chi connectivity index (χ3n) is 9.06. The number of fused-ring (bicyclic) bond motifs is 1. The van der Waals surface area contributed by atoms with Crippen LogP contribution in [-0.2, 0) is 38.5 Å². The molecule has 3 heterocycles. The van der Waals surface area contributed by atoms with E-state index in [2.05, 4.69) is 43.0 Å². The minimum Gasteiger partial charge on any atom is -0.488 e. The number of piperidine rings is 1. The molecule has 9 heteroatoms. The molecule has 2 aliphatic rings. The average Bonchev–Trinajstić information content (AvgIpc) is 3.25. The first-order valence-electron chi connectivity index (χ1n) is 17.4. The van der Waals surface area contributed by atoms with Gasteiger partial charge in [0.1, 0.15) is 29.4 Å². The number of amides is 1. The lowest BCUT2D eigenvalue weighted by Crippen LogP contribution is -2.49. The Kier molecular flexibility index (Phi) is 10.9. The number of nitrogens with zero attached hydrogens (tertiary/aromatic N) is 3. The molecule has 1 fully saturated rings. The molecule has 0 spiro atoms. The smallest absolute Gasteiger partial charge is 0.410 e. The molecule has 9 nitrogen and oxygen atoms in total. The van der Waals surface area contributed by atoms with E-state index in [9.17, 15) is 9.59 Å². The predicted molar refractivity (Wildman–Crippen MR) is 192 cm³/mol. The third-order valence-corrected chi connectivity index (χ3v) is 9.06. The molecule has 0 radical (unpaired) electrons. The van der Waals surface area contributed by atoms with Gasteiger partial charge in [-0.1, -0.05) is 30.3 Å². The van der Waals surface area contributed by atoms with Crippen molar-refractivity contribution in [1.29, 1.82) is 0 Å². The summed E-state index contributed by atoms with van der Waals surface area (Å²) in [6, 6.07) is 16.6. The Morgan fingerprint density at radius 1 is 0.878 bits per heavy atom. The van der Waals surface area contributed by atoms with Gasteiger partial charge in [-0.25, -0.2) is 9.78 Å². The zero-order valence-electron chi connectivity index (χ0n) is 30.7. The molecule has 1 amide bonds. The van der Waals surface area contributed by atoms with E-state index in [0.717, 1.165) is 46.8 Å². The molecule has 1 aromatic heterocycles. The van der Waals surface area contributed by atoms with Crippen molar-refractivity contribution in [2.24, 2.45) is 5.92 Å². The Balaban J connectivity index is 1.30. The second kappa shape index (κ2) is 14.8. The van der Waals surface area contributed by atoms with Crippen molar-refractivity contribution in [1.82, 2.24) is 9.88 Å². The molecule has 0 aliphatic carbocycles. The van der Waals surface area contributed by atoms with Gasteiger partial charge in [0, 0.05) is 38.9 Å². The van der Waals surface area contributed by atoms with E-state index >= 15 is 0 Å². The van der Waals surface area contributed by atoms with Crippen molar-refractivity contribution in [2.45, 2.75) is 98.6 Å². The number of anilines is 1. The van der Waals surface area contributed by atoms with Gasteiger partial charge in [0.25, 0.3) is 0 Å². The van der Waals surface area contributed by atoms with Crippen LogP contribution in [0, 0.1) is 19.8 Å². The molecule has 2 atom stereocenters. The summed E-state index contributed by atoms with van der Waals surface area (Å²) in [5.41, 5.74) is 6.58. The summed E-state index contributed by atoms with van der Waals surface area (Å²) in [4.78, 5) is 34.8. The maximum atomic E-state index is 12.9. The summed E-state index contributed by atoms with van der Waals surface area (Å²) in [5, 5.41) is 0. The minimum absolute atomic E-state index is 0.213. The van der Waals surface area contributed by atoms with Crippen molar-refractivity contribution in [2.75, 3.05) is 38.2 Å². The first-order valence-corrected chi connectivity index (χ1v) is 17.4. The van der Waals surface area contributed by atoms with Crippen LogP contribution in [0.3, 0.4) is 0 Å². The fourth-order valence-electron chi connectivity index (χ4n) is 6.72. The van der Waals surface area contributed by atoms with Crippen molar-refractivity contribution in [3.05, 3.63) is 76.3 Å². The van der Waals surface area contributed by atoms with Gasteiger partial charge in [-0.2, -0.15) is 0 Å². The summed E-state index contributed by atoms with van der Waals surface area (Å²) in [6.45, 7) is 18.5. The number of pyridine rings is 1. The molecular formula is C40H53N3O6. The Morgan fingerprint density at radius 3 is 2.31 bits per heavy atom. The van der Waals surface area contributed by atoms with Crippen LogP contribution >= 0.6 is 0 Å². The molecule has 264 valence electrons. The summed E-state index contributed by atoms with van der Waals surface area (Å²) in [7, 11) is 1.65. The predicted octanol–water partition coefficient (Wildman–Crippen LogP) is 7.46. The van der Waals surface area contributed by atoms with Crippen LogP contribution in [0.1, 0.15) is 75.8 Å². The van der Waals surface area contributed by atoms with Gasteiger partial charge in [0.05, 0.1) is 17.7 Å². The van der Waals surface area contributed by atoms with Gasteiger partial charge in [-0.3, -0.25) is 4.79 Å². The zero-order valence-corrected chi connectivity index (χ0v) is 30.7. The highest BCUT2D eigenvalue weighted by molar-refractivity contribution is 5.74. The Morgan fingerprint density at radius 2 is 1.59 bits per heavy atom. The number of carbonyl (C=O) groups is 2. The van der Waals surface area contributed by atoms with E-state index < -0.39 is 11.2 Å². The first-order chi connectivity index (χ1) is 23.1. The van der Waals surface area contributed by atoms with Gasteiger partial charge in [-0.05, 0) is 121 Å². The highest BCUT2D eigenvalue weighted by Gasteiger charge is 2.37. The monoisotopic (exact) mass is 671 g/mol. The Labute approximate surface area is 291 Å². The highest BCUT2D eigenvalue weighted by Crippen LogP contribution is 2.35. The van der Waals surface area contributed by atoms with Gasteiger partial charge in [-0.15, -0.1) is 0 Å². The van der Waals surface area contributed by atoms with Crippen LogP contribution in [0.4, 0.5) is 10.6 Å². The molecule has 2 aromatic carbocycles. The van der Waals surface area contributed by atoms with E-state index in [1.807, 2.05) is 70.7 Å². The molecule has 49 heavy (non-hydrogen) atoms. The molecule has 3 aromatic rings. The quantitative estimate of drug-likeness (QED) is 0.239. The number of hydrogen-bond acceptors (Lipinski definition) is 8. The fraction of sp³-hybridized carbons (Fsp3) is 0.525. The largest absolute Gasteiger partial charge is 0.488 e. The zero-order chi connectivity index (χ0) is 35.5. The van der Waals surface area contributed by atoms with E-state index in [1.54, 1.807) is 7.11 Å². The summed E-state index contributed by atoms with van der Waals surface area (Å²) >= 11 is 0. The van der Waals surface area contributed by atoms with Crippen molar-refractivity contribution < 1.29 is 28.5 Å². The van der Waals surface area contributed by atoms with Crippen molar-refractivity contribution in [3.63, 3.8) is 0 Å². The standard InChI is InChI=1S/C40H53N3O6/c1-26-12-10-13-31(33-14-11-15-35(41-33)43-21-18-32(34(24-43)46-9)37(44)48-39(3,4)5)36(26)47-25-28-22-27(2)30-17-20-42(19-16-29(30)23-28)38(45)49-40(6,7)8/h10-15,22-23,32,34H,16-21,24-25H2,1-9H3/t32-,34+/m1/s1. The summed E-state index contributed by atoms with van der Waals surface area (Å²) in [6.07, 6.45) is 1.65. The number of para-hydroxylation sites is 1. The normalized spacial score (nSPS) is 18.4. The number of ether oxygens (including phenoxy) is 4. The van der Waals surface area contributed by atoms with Crippen molar-refractivity contribution >= 4 is 17.9 Å². The van der Waals surface area contributed by atoms with E-state index in [-0.39, 0.29) is 24.1 Å². The molecule has 5 rings (SSSR count). The van der Waals surface area contributed by atoms with Crippen LogP contribution in [0.15, 0.2) is 48.5 Å². The number of esters is 1. The number of carbonyl (C=O) groups excluding carboxylic acids is 2. The minimum atomic E-state index is -0.542. The molecule has 0 saturated carbocycles. The number of aryl methyl sites for hydroxylation is 2. The van der Waals surface area contributed by atoms with Crippen LogP contribution < -0.4 is 9.64 Å². The number of methoxy groups -OCH3 is 1. The lowest BCUT2D eigenvalue weighted by molar-refractivity contribution is -0.165. The van der Waals surface area contributed by atoms with E-state index in [1.165, 1.54) is 16.7 Å². The molecule has 0 N–H and O–H groups in total. The second-order valence-electron chi connectivity index (χ2n) is 15.3. The highest BCUT2D eigenvalue weighted by atomic mass is 16.6. The number of aromatic nitrogens is 1. The third kappa shape index (κ3) is 9.12. The van der Waals surface area contributed by atoms with Crippen molar-refractivity contribution in [3.8, 4) is 17.0 Å². The Hall–Kier alpha value is -4.11. The molecule has 0 unspecified atom stereocenters. The molecule has 2 aliphatic heterocycles. The molecule has 1 saturated heterocycles. The Bertz CT molecular complexity index is 1660. The summed E-state index contributed by atoms with van der Waals surface area (Å²) < 4.78 is 23.7. The van der Waals surface area contributed by atoms with Crippen LogP contribution in [0.25, 0.3) is 11.3 Å². The molecular weight excluding hydrogens is 618 g/mol. The maximum Gasteiger partial charge on any atom is 0.410 e. The fourth-order valence-corrected chi connectivity index (χ4v) is 6.72. The van der Waals surface area contributed by atoms with Gasteiger partial charge in [0.2, 0.25) is 0 Å². The number of hydrogen-bond donors (Lipinski definition) is 0. The second-order valence-corrected chi connectivity index (χ2v) is 15.3. The maximum absolute atomic E-state index is 12.9. The SMILES string of the molecule is CO[C@H]1CN(c2cccc(-c3cccc(C)c3OCc3cc(C)c4c(c3)CCN(C(=O)OC(C)(C)C)CC4)n2)CC[C@H]1C(=O)OC(C)(C)C. The van der Waals surface area contributed by atoms with Crippen LogP contribution in [0.5, 0.6) is 5.75 Å². The summed E-state index contributed by atoms with van der Waals surface area (Å²) in [5.74, 6) is 1.10. The van der Waals surface area contributed by atoms with Gasteiger partial charge in [0.15, 0.2) is 0 Å². The lowest BCUT2D eigenvalue weighted by atomic mass is 9.93. The lowest BCUT2D eigenvalue weighted by Gasteiger charge is -2.38. The van der Waals surface area contributed by atoms with Crippen LogP contribution in [0.2, 0.25) is 0 Å². The van der Waals surface area contributed by atoms with E-state index in [0.29, 0.717) is 39.2 Å². The van der Waals surface area contributed by atoms with Gasteiger partial charge < -0.3 is 28.7 Å². The van der Waals surface area contributed by atoms with E-state index in [4.69, 9.17) is 23.9 Å². The van der Waals surface area contributed by atoms with Crippen LogP contribution in [-0.4, -0.2) is 72.5 Å². The number of rotatable bonds is 7. The molecule has 0 bridgehead atoms. The first kappa shape index (κ1) is 36.2. The topological polar surface area (TPSA) is 90.4 Å².